The average Bonchev–Trinajstić information content (AvgIpc) is 3.01. The predicted octanol–water partition coefficient (Wildman–Crippen LogP) is 2.45. The maximum Gasteiger partial charge on any atom is 0.294 e. The number of methoxy groups -OCH3 is 1. The zero-order valence-electron chi connectivity index (χ0n) is 16.4. The molecular weight excluding hydrogens is 404 g/mol. The van der Waals surface area contributed by atoms with Crippen molar-refractivity contribution in [1.29, 1.82) is 0 Å². The number of aliphatic hydroxyl groups is 1. The maximum absolute atomic E-state index is 12.6. The minimum atomic E-state index is -0.522. The van der Waals surface area contributed by atoms with E-state index in [1.54, 1.807) is 37.5 Å². The van der Waals surface area contributed by atoms with Crippen molar-refractivity contribution in [2.45, 2.75) is 12.5 Å². The minimum absolute atomic E-state index is 0.240. The van der Waals surface area contributed by atoms with Crippen molar-refractivity contribution in [3.05, 3.63) is 70.6 Å². The first-order valence-electron chi connectivity index (χ1n) is 9.33. The van der Waals surface area contributed by atoms with E-state index in [9.17, 15) is 19.5 Å². The highest BCUT2D eigenvalue weighted by Crippen LogP contribution is 2.32. The van der Waals surface area contributed by atoms with Crippen molar-refractivity contribution in [3.63, 3.8) is 0 Å². The fourth-order valence-electron chi connectivity index (χ4n) is 3.00. The molecule has 0 aliphatic carbocycles. The highest BCUT2D eigenvalue weighted by molar-refractivity contribution is 8.18. The number of benzene rings is 2. The standard InChI is InChI=1S/C22H22N2O5S/c1-29-18-9-5-8-16(11-18)12-19-21(27)24(22(28)30-19)13-20(26)23-17(14-25)10-15-6-3-2-4-7-15/h2-9,11-12,17,25H,10,13-14H2,1H3,(H,23,26)/b19-12-/t17-/m0/s1. The van der Waals surface area contributed by atoms with Gasteiger partial charge in [0.05, 0.1) is 24.7 Å². The summed E-state index contributed by atoms with van der Waals surface area (Å²) in [4.78, 5) is 38.4. The van der Waals surface area contributed by atoms with Crippen LogP contribution in [0.2, 0.25) is 0 Å². The zero-order chi connectivity index (χ0) is 21.5. The van der Waals surface area contributed by atoms with Crippen molar-refractivity contribution in [2.24, 2.45) is 0 Å². The summed E-state index contributed by atoms with van der Waals surface area (Å²) in [5, 5.41) is 11.7. The van der Waals surface area contributed by atoms with E-state index in [-0.39, 0.29) is 11.5 Å². The molecule has 30 heavy (non-hydrogen) atoms. The Morgan fingerprint density at radius 1 is 1.20 bits per heavy atom. The Kier molecular flexibility index (Phi) is 7.26. The van der Waals surface area contributed by atoms with Gasteiger partial charge in [-0.3, -0.25) is 19.3 Å². The molecule has 2 aromatic rings. The van der Waals surface area contributed by atoms with Crippen molar-refractivity contribution in [1.82, 2.24) is 10.2 Å². The number of aliphatic hydroxyl groups excluding tert-OH is 1. The number of nitrogens with one attached hydrogen (secondary N) is 1. The SMILES string of the molecule is COc1cccc(/C=C2\SC(=O)N(CC(=O)N[C@H](CO)Cc3ccccc3)C2=O)c1. The van der Waals surface area contributed by atoms with Crippen LogP contribution in [-0.4, -0.2) is 53.4 Å². The normalized spacial score (nSPS) is 16.1. The molecule has 7 nitrogen and oxygen atoms in total. The van der Waals surface area contributed by atoms with E-state index in [4.69, 9.17) is 4.74 Å². The molecule has 1 aliphatic rings. The van der Waals surface area contributed by atoms with E-state index in [1.807, 2.05) is 30.3 Å². The van der Waals surface area contributed by atoms with Crippen LogP contribution in [0, 0.1) is 0 Å². The number of ether oxygens (including phenoxy) is 1. The average molecular weight is 426 g/mol. The van der Waals surface area contributed by atoms with Gasteiger partial charge in [0.15, 0.2) is 0 Å². The maximum atomic E-state index is 12.6. The quantitative estimate of drug-likeness (QED) is 0.630. The number of hydrogen-bond donors (Lipinski definition) is 2. The van der Waals surface area contributed by atoms with E-state index < -0.39 is 29.6 Å². The Bertz CT molecular complexity index is 961. The first-order valence-corrected chi connectivity index (χ1v) is 10.2. The molecule has 1 atom stereocenters. The first-order chi connectivity index (χ1) is 14.5. The fraction of sp³-hybridized carbons (Fsp3) is 0.227. The molecule has 2 aromatic carbocycles. The fourth-order valence-corrected chi connectivity index (χ4v) is 3.83. The second kappa shape index (κ2) is 10.1. The molecule has 2 N–H and O–H groups in total. The molecule has 0 saturated carbocycles. The molecule has 156 valence electrons. The van der Waals surface area contributed by atoms with Crippen LogP contribution in [0.4, 0.5) is 4.79 Å². The molecular formula is C22H22N2O5S. The Morgan fingerprint density at radius 3 is 2.67 bits per heavy atom. The molecule has 3 rings (SSSR count). The number of imide groups is 1. The van der Waals surface area contributed by atoms with Crippen molar-refractivity contribution >= 4 is 34.9 Å². The summed E-state index contributed by atoms with van der Waals surface area (Å²) in [5.41, 5.74) is 1.68. The van der Waals surface area contributed by atoms with Gasteiger partial charge in [-0.1, -0.05) is 42.5 Å². The van der Waals surface area contributed by atoms with Gasteiger partial charge in [0.25, 0.3) is 11.1 Å². The Balaban J connectivity index is 1.63. The van der Waals surface area contributed by atoms with E-state index in [1.165, 1.54) is 0 Å². The van der Waals surface area contributed by atoms with E-state index in [0.29, 0.717) is 17.7 Å². The molecule has 0 spiro atoms. The lowest BCUT2D eigenvalue weighted by Gasteiger charge is -2.18. The number of rotatable bonds is 8. The highest BCUT2D eigenvalue weighted by atomic mass is 32.2. The van der Waals surface area contributed by atoms with Crippen LogP contribution in [0.25, 0.3) is 6.08 Å². The summed E-state index contributed by atoms with van der Waals surface area (Å²) in [7, 11) is 1.54. The van der Waals surface area contributed by atoms with Crippen LogP contribution < -0.4 is 10.1 Å². The second-order valence-electron chi connectivity index (χ2n) is 6.68. The third kappa shape index (κ3) is 5.49. The summed E-state index contributed by atoms with van der Waals surface area (Å²) in [5.74, 6) is -0.391. The lowest BCUT2D eigenvalue weighted by Crippen LogP contribution is -2.45. The zero-order valence-corrected chi connectivity index (χ0v) is 17.2. The van der Waals surface area contributed by atoms with E-state index >= 15 is 0 Å². The molecule has 0 aromatic heterocycles. The molecule has 3 amide bonds. The van der Waals surface area contributed by atoms with Crippen LogP contribution in [0.15, 0.2) is 59.5 Å². The molecule has 0 radical (unpaired) electrons. The molecule has 0 bridgehead atoms. The molecule has 1 fully saturated rings. The largest absolute Gasteiger partial charge is 0.497 e. The smallest absolute Gasteiger partial charge is 0.294 e. The molecule has 1 saturated heterocycles. The van der Waals surface area contributed by atoms with Crippen LogP contribution in [0.1, 0.15) is 11.1 Å². The van der Waals surface area contributed by atoms with Gasteiger partial charge in [0.1, 0.15) is 12.3 Å². The van der Waals surface area contributed by atoms with Gasteiger partial charge in [-0.25, -0.2) is 0 Å². The van der Waals surface area contributed by atoms with Gasteiger partial charge in [-0.2, -0.15) is 0 Å². The Labute approximate surface area is 178 Å². The number of amides is 3. The highest BCUT2D eigenvalue weighted by Gasteiger charge is 2.36. The lowest BCUT2D eigenvalue weighted by atomic mass is 10.1. The number of nitrogens with zero attached hydrogens (tertiary/aromatic N) is 1. The van der Waals surface area contributed by atoms with Gasteiger partial charge in [0, 0.05) is 0 Å². The summed E-state index contributed by atoms with van der Waals surface area (Å²) < 4.78 is 5.16. The number of carbonyl (C=O) groups excluding carboxylic acids is 3. The van der Waals surface area contributed by atoms with Crippen LogP contribution in [0.5, 0.6) is 5.75 Å². The second-order valence-corrected chi connectivity index (χ2v) is 7.67. The van der Waals surface area contributed by atoms with Crippen LogP contribution >= 0.6 is 11.8 Å². The molecule has 0 unspecified atom stereocenters. The number of carbonyl (C=O) groups is 3. The van der Waals surface area contributed by atoms with Gasteiger partial charge in [-0.05, 0) is 47.5 Å². The first kappa shape index (κ1) is 21.6. The van der Waals surface area contributed by atoms with Gasteiger partial charge in [-0.15, -0.1) is 0 Å². The minimum Gasteiger partial charge on any atom is -0.497 e. The Hall–Kier alpha value is -3.10. The third-order valence-corrected chi connectivity index (χ3v) is 5.38. The molecule has 1 aliphatic heterocycles. The molecule has 1 heterocycles. The van der Waals surface area contributed by atoms with Gasteiger partial charge in [0.2, 0.25) is 5.91 Å². The Morgan fingerprint density at radius 2 is 1.97 bits per heavy atom. The van der Waals surface area contributed by atoms with Crippen molar-refractivity contribution < 1.29 is 24.2 Å². The molecule has 8 heteroatoms. The summed E-state index contributed by atoms with van der Waals surface area (Å²) in [6.45, 7) is -0.649. The summed E-state index contributed by atoms with van der Waals surface area (Å²) >= 11 is 0.788. The predicted molar refractivity (Wildman–Crippen MR) is 115 cm³/mol. The lowest BCUT2D eigenvalue weighted by molar-refractivity contribution is -0.129. The summed E-state index contributed by atoms with van der Waals surface area (Å²) in [6, 6.07) is 16.0. The van der Waals surface area contributed by atoms with Crippen LogP contribution in [0.3, 0.4) is 0 Å². The van der Waals surface area contributed by atoms with Gasteiger partial charge >= 0.3 is 0 Å². The van der Waals surface area contributed by atoms with E-state index in [0.717, 1.165) is 22.2 Å². The van der Waals surface area contributed by atoms with E-state index in [2.05, 4.69) is 5.32 Å². The van der Waals surface area contributed by atoms with Crippen molar-refractivity contribution in [3.8, 4) is 5.75 Å². The van der Waals surface area contributed by atoms with Crippen LogP contribution in [-0.2, 0) is 16.0 Å². The number of hydrogen-bond acceptors (Lipinski definition) is 6. The van der Waals surface area contributed by atoms with Gasteiger partial charge < -0.3 is 15.2 Å². The topological polar surface area (TPSA) is 95.9 Å². The third-order valence-electron chi connectivity index (χ3n) is 4.48. The number of thioether (sulfide) groups is 1. The monoisotopic (exact) mass is 426 g/mol. The summed E-state index contributed by atoms with van der Waals surface area (Å²) in [6.07, 6.45) is 2.04. The van der Waals surface area contributed by atoms with Crippen molar-refractivity contribution in [2.75, 3.05) is 20.3 Å².